The average Bonchev–Trinajstić information content (AvgIpc) is 3.55. The first-order valence-electron chi connectivity index (χ1n) is 11.4. The SMILES string of the molecule is Cc1noc(C)c1S(=O)(=O)N1C[C@@H]2NC(=O)c3ccc(Cl)c(c3)OCCCn3cc(nn3)CO[C@H]2C1. The maximum atomic E-state index is 13.4. The largest absolute Gasteiger partial charge is 0.492 e. The Bertz CT molecular complexity index is 1370. The summed E-state index contributed by atoms with van der Waals surface area (Å²) in [6.45, 7) is 4.20. The van der Waals surface area contributed by atoms with E-state index in [1.807, 2.05) is 0 Å². The zero-order valence-corrected chi connectivity index (χ0v) is 21.3. The third-order valence-corrected chi connectivity index (χ3v) is 8.52. The number of amides is 1. The van der Waals surface area contributed by atoms with Gasteiger partial charge in [-0.25, -0.2) is 8.42 Å². The lowest BCUT2D eigenvalue weighted by Crippen LogP contribution is -2.44. The summed E-state index contributed by atoms with van der Waals surface area (Å²) >= 11 is 6.26. The molecule has 2 atom stereocenters. The topological polar surface area (TPSA) is 142 Å². The van der Waals surface area contributed by atoms with Gasteiger partial charge in [-0.05, 0) is 32.0 Å². The van der Waals surface area contributed by atoms with Crippen LogP contribution in [0.15, 0.2) is 33.8 Å². The lowest BCUT2D eigenvalue weighted by atomic mass is 10.1. The first-order valence-corrected chi connectivity index (χ1v) is 13.2. The quantitative estimate of drug-likeness (QED) is 0.518. The number of ether oxygens (including phenoxy) is 2. The summed E-state index contributed by atoms with van der Waals surface area (Å²) < 4.78 is 46.8. The number of halogens is 1. The molecule has 4 heterocycles. The van der Waals surface area contributed by atoms with Gasteiger partial charge in [0.15, 0.2) is 5.76 Å². The fourth-order valence-corrected chi connectivity index (χ4v) is 6.28. The molecular weight excluding hydrogens is 512 g/mol. The number of nitrogens with one attached hydrogen (secondary N) is 1. The first-order chi connectivity index (χ1) is 17.2. The Hall–Kier alpha value is -3.00. The Kier molecular flexibility index (Phi) is 6.72. The van der Waals surface area contributed by atoms with E-state index in [0.717, 1.165) is 0 Å². The number of carbonyl (C=O) groups is 1. The average molecular weight is 537 g/mol. The van der Waals surface area contributed by atoms with Crippen LogP contribution in [0.25, 0.3) is 0 Å². The smallest absolute Gasteiger partial charge is 0.251 e. The maximum Gasteiger partial charge on any atom is 0.251 e. The predicted octanol–water partition coefficient (Wildman–Crippen LogP) is 1.71. The summed E-state index contributed by atoms with van der Waals surface area (Å²) in [5.41, 5.74) is 1.20. The fourth-order valence-electron chi connectivity index (χ4n) is 4.34. The lowest BCUT2D eigenvalue weighted by molar-refractivity contribution is 0.0321. The molecule has 5 rings (SSSR count). The highest BCUT2D eigenvalue weighted by Crippen LogP contribution is 2.29. The molecule has 4 bridgehead atoms. The molecule has 0 aliphatic carbocycles. The zero-order chi connectivity index (χ0) is 25.4. The molecule has 0 unspecified atom stereocenters. The molecular formula is C22H25ClN6O6S. The molecule has 14 heteroatoms. The summed E-state index contributed by atoms with van der Waals surface area (Å²) in [4.78, 5) is 13.2. The van der Waals surface area contributed by atoms with Crippen LogP contribution in [0.1, 0.15) is 33.9 Å². The molecule has 0 radical (unpaired) electrons. The predicted molar refractivity (Wildman–Crippen MR) is 126 cm³/mol. The Morgan fingerprint density at radius 2 is 2.06 bits per heavy atom. The number of fused-ring (bicyclic) bond motifs is 5. The van der Waals surface area contributed by atoms with Crippen molar-refractivity contribution in [3.63, 3.8) is 0 Å². The minimum atomic E-state index is -3.94. The van der Waals surface area contributed by atoms with E-state index in [4.69, 9.17) is 25.6 Å². The van der Waals surface area contributed by atoms with Crippen LogP contribution in [0.2, 0.25) is 5.02 Å². The van der Waals surface area contributed by atoms with Gasteiger partial charge >= 0.3 is 0 Å². The van der Waals surface area contributed by atoms with Gasteiger partial charge in [0.2, 0.25) is 10.0 Å². The second kappa shape index (κ2) is 9.81. The molecule has 1 saturated heterocycles. The number of benzene rings is 1. The standard InChI is InChI=1S/C22H25ClN6O6S/c1-13-21(14(2)35-26-13)36(31,32)29-10-18-20(11-29)34-12-16-9-28(27-25-16)6-3-7-33-19-8-15(22(30)24-18)4-5-17(19)23/h4-5,8-9,18,20H,3,6-7,10-12H2,1-2H3,(H,24,30)/t18-,20-/m0/s1. The Morgan fingerprint density at radius 1 is 1.22 bits per heavy atom. The van der Waals surface area contributed by atoms with Gasteiger partial charge in [-0.15, -0.1) is 5.10 Å². The van der Waals surface area contributed by atoms with E-state index in [1.165, 1.54) is 4.31 Å². The van der Waals surface area contributed by atoms with Crippen LogP contribution in [0.4, 0.5) is 0 Å². The summed E-state index contributed by atoms with van der Waals surface area (Å²) in [5, 5.41) is 15.3. The van der Waals surface area contributed by atoms with Crippen molar-refractivity contribution in [2.24, 2.45) is 0 Å². The number of carbonyl (C=O) groups excluding carboxylic acids is 1. The van der Waals surface area contributed by atoms with Crippen molar-refractivity contribution in [3.8, 4) is 5.75 Å². The monoisotopic (exact) mass is 536 g/mol. The van der Waals surface area contributed by atoms with Crippen LogP contribution in [-0.2, 0) is 27.9 Å². The minimum Gasteiger partial charge on any atom is -0.492 e. The molecule has 2 aliphatic heterocycles. The summed E-state index contributed by atoms with van der Waals surface area (Å²) in [7, 11) is -3.94. The molecule has 0 saturated carbocycles. The number of hydrogen-bond donors (Lipinski definition) is 1. The zero-order valence-electron chi connectivity index (χ0n) is 19.7. The van der Waals surface area contributed by atoms with E-state index in [0.29, 0.717) is 41.6 Å². The minimum absolute atomic E-state index is 0.00639. The fraction of sp³-hybridized carbons (Fsp3) is 0.455. The van der Waals surface area contributed by atoms with E-state index in [9.17, 15) is 13.2 Å². The third-order valence-electron chi connectivity index (χ3n) is 6.13. The van der Waals surface area contributed by atoms with Gasteiger partial charge in [0.05, 0.1) is 36.6 Å². The van der Waals surface area contributed by atoms with Crippen molar-refractivity contribution in [2.45, 2.75) is 50.5 Å². The summed E-state index contributed by atoms with van der Waals surface area (Å²) in [6.07, 6.45) is 1.78. The molecule has 1 amide bonds. The molecule has 192 valence electrons. The van der Waals surface area contributed by atoms with E-state index in [1.54, 1.807) is 42.9 Å². The molecule has 1 N–H and O–H groups in total. The van der Waals surface area contributed by atoms with Crippen molar-refractivity contribution in [1.82, 2.24) is 29.8 Å². The number of rotatable bonds is 2. The molecule has 1 aromatic carbocycles. The second-order valence-corrected chi connectivity index (χ2v) is 11.0. The van der Waals surface area contributed by atoms with Gasteiger partial charge in [0.1, 0.15) is 22.0 Å². The molecule has 12 nitrogen and oxygen atoms in total. The van der Waals surface area contributed by atoms with Crippen molar-refractivity contribution in [2.75, 3.05) is 19.7 Å². The van der Waals surface area contributed by atoms with Crippen molar-refractivity contribution >= 4 is 27.5 Å². The highest BCUT2D eigenvalue weighted by atomic mass is 35.5. The van der Waals surface area contributed by atoms with Crippen LogP contribution in [0.3, 0.4) is 0 Å². The Morgan fingerprint density at radius 3 is 2.83 bits per heavy atom. The van der Waals surface area contributed by atoms with Crippen LogP contribution in [-0.4, -0.2) is 70.6 Å². The number of sulfonamides is 1. The van der Waals surface area contributed by atoms with Crippen LogP contribution in [0.5, 0.6) is 5.75 Å². The molecule has 3 aromatic rings. The molecule has 36 heavy (non-hydrogen) atoms. The molecule has 2 aliphatic rings. The van der Waals surface area contributed by atoms with E-state index < -0.39 is 28.1 Å². The highest BCUT2D eigenvalue weighted by molar-refractivity contribution is 7.89. The number of hydrogen-bond acceptors (Lipinski definition) is 9. The summed E-state index contributed by atoms with van der Waals surface area (Å²) in [6, 6.07) is 4.12. The molecule has 1 fully saturated rings. The van der Waals surface area contributed by atoms with E-state index >= 15 is 0 Å². The number of nitrogens with zero attached hydrogens (tertiary/aromatic N) is 5. The molecule has 2 aromatic heterocycles. The normalized spacial score (nSPS) is 21.6. The number of aromatic nitrogens is 4. The van der Waals surface area contributed by atoms with Crippen molar-refractivity contribution in [3.05, 3.63) is 52.1 Å². The van der Waals surface area contributed by atoms with Gasteiger partial charge in [-0.3, -0.25) is 9.48 Å². The van der Waals surface area contributed by atoms with Crippen LogP contribution in [0, 0.1) is 13.8 Å². The maximum absolute atomic E-state index is 13.4. The summed E-state index contributed by atoms with van der Waals surface area (Å²) in [5.74, 6) is 0.190. The van der Waals surface area contributed by atoms with Gasteiger partial charge in [0, 0.05) is 31.6 Å². The van der Waals surface area contributed by atoms with Gasteiger partial charge in [-0.2, -0.15) is 4.31 Å². The van der Waals surface area contributed by atoms with E-state index in [-0.39, 0.29) is 36.0 Å². The van der Waals surface area contributed by atoms with Gasteiger partial charge in [0.25, 0.3) is 5.91 Å². The van der Waals surface area contributed by atoms with Gasteiger partial charge < -0.3 is 19.3 Å². The van der Waals surface area contributed by atoms with Crippen LogP contribution < -0.4 is 10.1 Å². The molecule has 0 spiro atoms. The number of aryl methyl sites for hydroxylation is 3. The van der Waals surface area contributed by atoms with Crippen LogP contribution >= 0.6 is 11.6 Å². The first kappa shape index (κ1) is 24.7. The lowest BCUT2D eigenvalue weighted by Gasteiger charge is -2.20. The van der Waals surface area contributed by atoms with Gasteiger partial charge in [-0.1, -0.05) is 22.0 Å². The Labute approximate surface area is 212 Å². The second-order valence-electron chi connectivity index (χ2n) is 8.72. The van der Waals surface area contributed by atoms with E-state index in [2.05, 4.69) is 20.8 Å². The third kappa shape index (κ3) is 4.83. The Balaban J connectivity index is 1.45. The van der Waals surface area contributed by atoms with Crippen molar-refractivity contribution in [1.29, 1.82) is 0 Å². The van der Waals surface area contributed by atoms with Crippen molar-refractivity contribution < 1.29 is 27.2 Å². The highest BCUT2D eigenvalue weighted by Gasteiger charge is 2.43.